The Bertz CT molecular complexity index is 1120. The molecule has 8 heteroatoms. The van der Waals surface area contributed by atoms with Gasteiger partial charge in [-0.3, -0.25) is 19.6 Å². The molecule has 0 saturated carbocycles. The number of aryl methyl sites for hydroxylation is 2. The topological polar surface area (TPSA) is 88.1 Å². The van der Waals surface area contributed by atoms with Crippen LogP contribution < -0.4 is 5.32 Å². The normalized spacial score (nSPS) is 12.9. The number of nitrogens with one attached hydrogen (secondary N) is 1. The Balaban J connectivity index is 1.40. The lowest BCUT2D eigenvalue weighted by atomic mass is 9.95. The van der Waals surface area contributed by atoms with Gasteiger partial charge in [-0.05, 0) is 49.1 Å². The monoisotopic (exact) mass is 447 g/mol. The van der Waals surface area contributed by atoms with Gasteiger partial charge in [0.25, 0.3) is 5.91 Å². The number of carbonyl (C=O) groups excluding carboxylic acids is 2. The molecule has 2 aromatic heterocycles. The summed E-state index contributed by atoms with van der Waals surface area (Å²) in [4.78, 5) is 41.0. The number of hydrogen-bond acceptors (Lipinski definition) is 6. The van der Waals surface area contributed by atoms with Gasteiger partial charge < -0.3 is 10.2 Å². The SMILES string of the molecule is Cc1cnc(C(=O)NCc2c(C)ncc3c2CCN(C(=O)CSc2ccccc2)C3)cn1. The minimum absolute atomic E-state index is 0.123. The molecule has 164 valence electrons. The van der Waals surface area contributed by atoms with Crippen molar-refractivity contribution < 1.29 is 9.59 Å². The minimum Gasteiger partial charge on any atom is -0.346 e. The van der Waals surface area contributed by atoms with Crippen molar-refractivity contribution in [1.82, 2.24) is 25.2 Å². The fourth-order valence-electron chi connectivity index (χ4n) is 3.69. The first-order chi connectivity index (χ1) is 15.5. The van der Waals surface area contributed by atoms with Crippen LogP contribution in [0.4, 0.5) is 0 Å². The molecule has 1 aromatic carbocycles. The van der Waals surface area contributed by atoms with Crippen LogP contribution in [0.15, 0.2) is 53.8 Å². The summed E-state index contributed by atoms with van der Waals surface area (Å²) >= 11 is 1.55. The Kier molecular flexibility index (Phi) is 6.80. The molecule has 32 heavy (non-hydrogen) atoms. The number of fused-ring (bicyclic) bond motifs is 1. The Morgan fingerprint density at radius 2 is 1.88 bits per heavy atom. The van der Waals surface area contributed by atoms with Crippen molar-refractivity contribution in [2.45, 2.75) is 38.3 Å². The van der Waals surface area contributed by atoms with Gasteiger partial charge in [0.2, 0.25) is 5.91 Å². The van der Waals surface area contributed by atoms with Crippen LogP contribution in [-0.4, -0.2) is 44.0 Å². The van der Waals surface area contributed by atoms with Crippen molar-refractivity contribution in [3.63, 3.8) is 0 Å². The number of rotatable bonds is 6. The summed E-state index contributed by atoms with van der Waals surface area (Å²) in [5.74, 6) is 0.275. The molecule has 0 atom stereocenters. The second-order valence-electron chi connectivity index (χ2n) is 7.72. The summed E-state index contributed by atoms with van der Waals surface area (Å²) in [5, 5.41) is 2.93. The number of aromatic nitrogens is 3. The van der Waals surface area contributed by atoms with E-state index in [1.807, 2.05) is 55.3 Å². The fourth-order valence-corrected chi connectivity index (χ4v) is 4.51. The highest BCUT2D eigenvalue weighted by Crippen LogP contribution is 2.25. The third-order valence-corrected chi connectivity index (χ3v) is 6.49. The maximum absolute atomic E-state index is 12.7. The average molecular weight is 448 g/mol. The average Bonchev–Trinajstić information content (AvgIpc) is 2.82. The van der Waals surface area contributed by atoms with Gasteiger partial charge in [0.15, 0.2) is 0 Å². The summed E-state index contributed by atoms with van der Waals surface area (Å²) in [6, 6.07) is 9.95. The van der Waals surface area contributed by atoms with Crippen LogP contribution in [0, 0.1) is 13.8 Å². The molecular formula is C24H25N5O2S. The number of amides is 2. The summed E-state index contributed by atoms with van der Waals surface area (Å²) in [5.41, 5.74) is 5.17. The van der Waals surface area contributed by atoms with Gasteiger partial charge >= 0.3 is 0 Å². The van der Waals surface area contributed by atoms with E-state index in [0.717, 1.165) is 33.8 Å². The smallest absolute Gasteiger partial charge is 0.271 e. The summed E-state index contributed by atoms with van der Waals surface area (Å²) in [6.45, 7) is 5.35. The third-order valence-electron chi connectivity index (χ3n) is 5.49. The molecule has 0 spiro atoms. The summed E-state index contributed by atoms with van der Waals surface area (Å²) < 4.78 is 0. The van der Waals surface area contributed by atoms with E-state index in [0.29, 0.717) is 31.1 Å². The molecule has 7 nitrogen and oxygen atoms in total. The van der Waals surface area contributed by atoms with E-state index in [9.17, 15) is 9.59 Å². The lowest BCUT2D eigenvalue weighted by molar-refractivity contribution is -0.129. The Labute approximate surface area is 191 Å². The zero-order chi connectivity index (χ0) is 22.5. The zero-order valence-corrected chi connectivity index (χ0v) is 19.0. The minimum atomic E-state index is -0.264. The zero-order valence-electron chi connectivity index (χ0n) is 18.2. The molecule has 0 bridgehead atoms. The first-order valence-electron chi connectivity index (χ1n) is 10.5. The highest BCUT2D eigenvalue weighted by molar-refractivity contribution is 8.00. The quantitative estimate of drug-likeness (QED) is 0.584. The first kappa shape index (κ1) is 22.0. The van der Waals surface area contributed by atoms with E-state index in [1.165, 1.54) is 11.8 Å². The van der Waals surface area contributed by atoms with Gasteiger partial charge in [-0.1, -0.05) is 18.2 Å². The van der Waals surface area contributed by atoms with Crippen molar-refractivity contribution in [1.29, 1.82) is 0 Å². The van der Waals surface area contributed by atoms with Crippen LogP contribution in [0.2, 0.25) is 0 Å². The maximum atomic E-state index is 12.7. The maximum Gasteiger partial charge on any atom is 0.271 e. The van der Waals surface area contributed by atoms with Crippen LogP contribution >= 0.6 is 11.8 Å². The highest BCUT2D eigenvalue weighted by Gasteiger charge is 2.24. The Morgan fingerprint density at radius 1 is 1.06 bits per heavy atom. The van der Waals surface area contributed by atoms with E-state index in [-0.39, 0.29) is 11.8 Å². The molecule has 0 radical (unpaired) electrons. The van der Waals surface area contributed by atoms with Crippen molar-refractivity contribution >= 4 is 23.6 Å². The molecular weight excluding hydrogens is 422 g/mol. The van der Waals surface area contributed by atoms with E-state index < -0.39 is 0 Å². The molecule has 4 rings (SSSR count). The molecule has 1 aliphatic heterocycles. The highest BCUT2D eigenvalue weighted by atomic mass is 32.2. The van der Waals surface area contributed by atoms with Crippen molar-refractivity contribution in [3.8, 4) is 0 Å². The summed E-state index contributed by atoms with van der Waals surface area (Å²) in [7, 11) is 0. The summed E-state index contributed by atoms with van der Waals surface area (Å²) in [6.07, 6.45) is 5.65. The van der Waals surface area contributed by atoms with Crippen molar-refractivity contribution in [2.75, 3.05) is 12.3 Å². The number of benzene rings is 1. The second kappa shape index (κ2) is 9.91. The van der Waals surface area contributed by atoms with E-state index in [1.54, 1.807) is 18.0 Å². The van der Waals surface area contributed by atoms with Gasteiger partial charge in [0.1, 0.15) is 5.69 Å². The van der Waals surface area contributed by atoms with E-state index in [2.05, 4.69) is 20.3 Å². The van der Waals surface area contributed by atoms with Crippen LogP contribution in [0.5, 0.6) is 0 Å². The second-order valence-corrected chi connectivity index (χ2v) is 8.77. The molecule has 0 saturated heterocycles. The van der Waals surface area contributed by atoms with E-state index >= 15 is 0 Å². The predicted octanol–water partition coefficient (Wildman–Crippen LogP) is 3.10. The molecule has 1 aliphatic rings. The Morgan fingerprint density at radius 3 is 2.62 bits per heavy atom. The van der Waals surface area contributed by atoms with Crippen molar-refractivity contribution in [3.05, 3.63) is 82.7 Å². The van der Waals surface area contributed by atoms with Crippen molar-refractivity contribution in [2.24, 2.45) is 0 Å². The van der Waals surface area contributed by atoms with Crippen LogP contribution in [0.25, 0.3) is 0 Å². The number of hydrogen-bond donors (Lipinski definition) is 1. The molecule has 0 unspecified atom stereocenters. The van der Waals surface area contributed by atoms with Gasteiger partial charge in [-0.25, -0.2) is 4.98 Å². The van der Waals surface area contributed by atoms with Crippen LogP contribution in [0.3, 0.4) is 0 Å². The predicted molar refractivity (Wildman–Crippen MR) is 123 cm³/mol. The molecule has 1 N–H and O–H groups in total. The third kappa shape index (κ3) is 5.13. The lowest BCUT2D eigenvalue weighted by Gasteiger charge is -2.30. The number of thioether (sulfide) groups is 1. The van der Waals surface area contributed by atoms with Crippen LogP contribution in [-0.2, 0) is 24.3 Å². The van der Waals surface area contributed by atoms with E-state index in [4.69, 9.17) is 0 Å². The fraction of sp³-hybridized carbons (Fsp3) is 0.292. The van der Waals surface area contributed by atoms with Gasteiger partial charge in [0, 0.05) is 42.6 Å². The van der Waals surface area contributed by atoms with Gasteiger partial charge in [-0.2, -0.15) is 0 Å². The largest absolute Gasteiger partial charge is 0.346 e. The number of pyridine rings is 1. The number of nitrogens with zero attached hydrogens (tertiary/aromatic N) is 4. The van der Waals surface area contributed by atoms with Crippen LogP contribution in [0.1, 0.15) is 38.6 Å². The number of carbonyl (C=O) groups is 2. The standard InChI is InChI=1S/C24H25N5O2S/c1-16-10-27-22(13-25-16)24(31)28-12-21-17(2)26-11-18-14-29(9-8-20(18)21)23(30)15-32-19-6-4-3-5-7-19/h3-7,10-11,13H,8-9,12,14-15H2,1-2H3,(H,28,31). The first-order valence-corrected chi connectivity index (χ1v) is 11.5. The molecule has 2 amide bonds. The lowest BCUT2D eigenvalue weighted by Crippen LogP contribution is -2.38. The molecule has 3 heterocycles. The Hall–Kier alpha value is -3.26. The molecule has 0 fully saturated rings. The van der Waals surface area contributed by atoms with Gasteiger partial charge in [-0.15, -0.1) is 11.8 Å². The molecule has 3 aromatic rings. The van der Waals surface area contributed by atoms with Gasteiger partial charge in [0.05, 0.1) is 17.6 Å². The molecule has 0 aliphatic carbocycles.